The summed E-state index contributed by atoms with van der Waals surface area (Å²) in [4.78, 5) is 0. The molecule has 0 spiro atoms. The van der Waals surface area contributed by atoms with Gasteiger partial charge in [0.2, 0.25) is 0 Å². The molecule has 4 rings (SSSR count). The van der Waals surface area contributed by atoms with Gasteiger partial charge in [-0.15, -0.1) is 0 Å². The summed E-state index contributed by atoms with van der Waals surface area (Å²) in [5.74, 6) is 4.48. The molecule has 0 aromatic heterocycles. The molecule has 0 heterocycles. The fraction of sp³-hybridized carbons (Fsp3) is 0.793. The van der Waals surface area contributed by atoms with Crippen LogP contribution in [0.15, 0.2) is 35.5 Å². The van der Waals surface area contributed by atoms with Gasteiger partial charge in [0.15, 0.2) is 0 Å². The highest BCUT2D eigenvalue weighted by atomic mass is 16.3. The van der Waals surface area contributed by atoms with Crippen LogP contribution in [-0.4, -0.2) is 11.2 Å². The molecule has 2 fully saturated rings. The molecule has 0 bridgehead atoms. The molecule has 0 aliphatic heterocycles. The lowest BCUT2D eigenvalue weighted by molar-refractivity contribution is 0.0498. The maximum atomic E-state index is 10.2. The van der Waals surface area contributed by atoms with E-state index in [2.05, 4.69) is 65.8 Å². The van der Waals surface area contributed by atoms with Crippen molar-refractivity contribution in [2.45, 2.75) is 99.0 Å². The van der Waals surface area contributed by atoms with Crippen molar-refractivity contribution >= 4 is 0 Å². The molecule has 1 N–H and O–H groups in total. The summed E-state index contributed by atoms with van der Waals surface area (Å²) >= 11 is 0. The Kier molecular flexibility index (Phi) is 6.17. The predicted octanol–water partition coefficient (Wildman–Crippen LogP) is 7.72. The second-order valence-corrected chi connectivity index (χ2v) is 12.0. The molecule has 0 saturated heterocycles. The third-order valence-corrected chi connectivity index (χ3v) is 10.2. The first-order valence-corrected chi connectivity index (χ1v) is 13.0. The Bertz CT molecular complexity index is 727. The third-order valence-electron chi connectivity index (χ3n) is 10.2. The van der Waals surface area contributed by atoms with E-state index in [-0.39, 0.29) is 6.10 Å². The Balaban J connectivity index is 1.55. The minimum atomic E-state index is -0.210. The number of allylic oxidation sites excluding steroid dienone is 5. The molecular formula is C29H46O. The quantitative estimate of drug-likeness (QED) is 0.460. The molecule has 0 aromatic rings. The van der Waals surface area contributed by atoms with Crippen LogP contribution in [0.25, 0.3) is 0 Å². The van der Waals surface area contributed by atoms with E-state index in [0.717, 1.165) is 42.4 Å². The van der Waals surface area contributed by atoms with Crippen LogP contribution in [0.1, 0.15) is 92.9 Å². The monoisotopic (exact) mass is 410 g/mol. The first kappa shape index (κ1) is 22.4. The van der Waals surface area contributed by atoms with Crippen LogP contribution in [0.2, 0.25) is 0 Å². The highest BCUT2D eigenvalue weighted by Gasteiger charge is 2.56. The van der Waals surface area contributed by atoms with Crippen molar-refractivity contribution in [2.24, 2.45) is 46.3 Å². The van der Waals surface area contributed by atoms with Crippen LogP contribution >= 0.6 is 0 Å². The lowest BCUT2D eigenvalue weighted by Crippen LogP contribution is -2.46. The first-order chi connectivity index (χ1) is 14.2. The summed E-state index contributed by atoms with van der Waals surface area (Å²) in [6, 6.07) is 0. The molecular weight excluding hydrogens is 364 g/mol. The van der Waals surface area contributed by atoms with Crippen molar-refractivity contribution < 1.29 is 5.11 Å². The van der Waals surface area contributed by atoms with Crippen LogP contribution < -0.4 is 0 Å². The van der Waals surface area contributed by atoms with Crippen LogP contribution in [-0.2, 0) is 0 Å². The van der Waals surface area contributed by atoms with Gasteiger partial charge in [-0.3, -0.25) is 0 Å². The van der Waals surface area contributed by atoms with E-state index < -0.39 is 0 Å². The van der Waals surface area contributed by atoms with Gasteiger partial charge in [-0.25, -0.2) is 0 Å². The summed E-state index contributed by atoms with van der Waals surface area (Å²) in [7, 11) is 0. The third kappa shape index (κ3) is 3.58. The minimum Gasteiger partial charge on any atom is -0.389 e. The second-order valence-electron chi connectivity index (χ2n) is 12.0. The van der Waals surface area contributed by atoms with Gasteiger partial charge < -0.3 is 5.11 Å². The Morgan fingerprint density at radius 3 is 2.50 bits per heavy atom. The van der Waals surface area contributed by atoms with Gasteiger partial charge in [0, 0.05) is 0 Å². The topological polar surface area (TPSA) is 20.2 Å². The molecule has 4 aliphatic rings. The highest BCUT2D eigenvalue weighted by molar-refractivity contribution is 5.36. The number of rotatable bonds is 5. The number of hydrogen-bond donors (Lipinski definition) is 1. The summed E-state index contributed by atoms with van der Waals surface area (Å²) in [6.45, 7) is 14.7. The highest BCUT2D eigenvalue weighted by Crippen LogP contribution is 2.66. The molecule has 1 heteroatoms. The number of fused-ring (bicyclic) bond motifs is 5. The average molecular weight is 411 g/mol. The molecule has 168 valence electrons. The fourth-order valence-corrected chi connectivity index (χ4v) is 8.19. The SMILES string of the molecule is CC[C@@H](/C=C/[C@@H](C)[C@H]1CC[C@H]2C3=CCC4=C[C@@H](O)CC[C@]4(C)[C@H]3CC[C@]12C)C(C)C. The Hall–Kier alpha value is -0.820. The van der Waals surface area contributed by atoms with E-state index in [1.54, 1.807) is 0 Å². The predicted molar refractivity (Wildman–Crippen MR) is 128 cm³/mol. The summed E-state index contributed by atoms with van der Waals surface area (Å²) in [6.07, 6.45) is 19.7. The van der Waals surface area contributed by atoms with E-state index in [1.165, 1.54) is 44.1 Å². The standard InChI is InChI=1S/C29H46O/c1-7-21(19(2)3)9-8-20(4)25-12-13-26-24-11-10-22-18-23(30)14-16-28(22,5)27(24)15-17-29(25,26)6/h8-9,11,18-21,23,25-27,30H,7,10,12-17H2,1-6H3/b9-8+/t20-,21+,23+,25-,26+,27+,28+,29-/m1/s1. The number of aliphatic hydroxyl groups is 1. The van der Waals surface area contributed by atoms with Crippen LogP contribution in [0.3, 0.4) is 0 Å². The maximum Gasteiger partial charge on any atom is 0.0724 e. The Labute approximate surface area is 186 Å². The fourth-order valence-electron chi connectivity index (χ4n) is 8.19. The molecule has 30 heavy (non-hydrogen) atoms. The van der Waals surface area contributed by atoms with Crippen molar-refractivity contribution in [3.63, 3.8) is 0 Å². The lowest BCUT2D eigenvalue weighted by Gasteiger charge is -2.55. The zero-order chi connectivity index (χ0) is 21.7. The molecule has 0 aromatic carbocycles. The van der Waals surface area contributed by atoms with Crippen molar-refractivity contribution in [1.82, 2.24) is 0 Å². The summed E-state index contributed by atoms with van der Waals surface area (Å²) in [5.41, 5.74) is 4.12. The van der Waals surface area contributed by atoms with Gasteiger partial charge in [0.25, 0.3) is 0 Å². The Morgan fingerprint density at radius 1 is 1.03 bits per heavy atom. The smallest absolute Gasteiger partial charge is 0.0724 e. The van der Waals surface area contributed by atoms with Gasteiger partial charge in [0.05, 0.1) is 6.10 Å². The van der Waals surface area contributed by atoms with Crippen LogP contribution in [0.5, 0.6) is 0 Å². The van der Waals surface area contributed by atoms with E-state index in [9.17, 15) is 5.11 Å². The number of hydrogen-bond acceptors (Lipinski definition) is 1. The van der Waals surface area contributed by atoms with Gasteiger partial charge in [-0.2, -0.15) is 0 Å². The van der Waals surface area contributed by atoms with Crippen molar-refractivity contribution in [3.8, 4) is 0 Å². The molecule has 0 amide bonds. The minimum absolute atomic E-state index is 0.210. The van der Waals surface area contributed by atoms with Crippen LogP contribution in [0.4, 0.5) is 0 Å². The van der Waals surface area contributed by atoms with E-state index in [4.69, 9.17) is 0 Å². The first-order valence-electron chi connectivity index (χ1n) is 13.0. The molecule has 0 radical (unpaired) electrons. The zero-order valence-corrected chi connectivity index (χ0v) is 20.5. The normalized spacial score (nSPS) is 42.9. The molecule has 0 unspecified atom stereocenters. The van der Waals surface area contributed by atoms with Gasteiger partial charge >= 0.3 is 0 Å². The number of aliphatic hydroxyl groups excluding tert-OH is 1. The summed E-state index contributed by atoms with van der Waals surface area (Å²) < 4.78 is 0. The molecule has 1 nitrogen and oxygen atoms in total. The Morgan fingerprint density at radius 2 is 1.80 bits per heavy atom. The van der Waals surface area contributed by atoms with Crippen LogP contribution in [0, 0.1) is 46.3 Å². The van der Waals surface area contributed by atoms with Crippen molar-refractivity contribution in [3.05, 3.63) is 35.5 Å². The maximum absolute atomic E-state index is 10.2. The molecule has 8 atom stereocenters. The van der Waals surface area contributed by atoms with E-state index in [0.29, 0.717) is 16.7 Å². The summed E-state index contributed by atoms with van der Waals surface area (Å²) in [5, 5.41) is 10.2. The van der Waals surface area contributed by atoms with Gasteiger partial charge in [-0.1, -0.05) is 77.0 Å². The van der Waals surface area contributed by atoms with E-state index >= 15 is 0 Å². The molecule has 4 aliphatic carbocycles. The second kappa shape index (κ2) is 8.27. The molecule has 2 saturated carbocycles. The van der Waals surface area contributed by atoms with Gasteiger partial charge in [-0.05, 0) is 97.7 Å². The van der Waals surface area contributed by atoms with Gasteiger partial charge in [0.1, 0.15) is 0 Å². The van der Waals surface area contributed by atoms with Crippen molar-refractivity contribution in [2.75, 3.05) is 0 Å². The largest absolute Gasteiger partial charge is 0.389 e. The average Bonchev–Trinajstić information content (AvgIpc) is 3.06. The van der Waals surface area contributed by atoms with Crippen molar-refractivity contribution in [1.29, 1.82) is 0 Å². The van der Waals surface area contributed by atoms with E-state index in [1.807, 2.05) is 5.57 Å². The lowest BCUT2D eigenvalue weighted by atomic mass is 9.50. The zero-order valence-electron chi connectivity index (χ0n) is 20.5.